The first kappa shape index (κ1) is 24.3. The summed E-state index contributed by atoms with van der Waals surface area (Å²) in [6, 6.07) is 15.8. The van der Waals surface area contributed by atoms with E-state index in [0.717, 1.165) is 29.8 Å². The molecule has 1 aliphatic heterocycles. The largest absolute Gasteiger partial charge is 0.489 e. The van der Waals surface area contributed by atoms with Crippen molar-refractivity contribution in [3.8, 4) is 5.75 Å². The molecule has 1 fully saturated rings. The Kier molecular flexibility index (Phi) is 9.56. The molecule has 0 spiro atoms. The number of para-hydroxylation sites is 1. The van der Waals surface area contributed by atoms with Crippen LogP contribution in [-0.2, 0) is 22.6 Å². The number of hydrogen-bond donors (Lipinski definition) is 2. The van der Waals surface area contributed by atoms with Crippen molar-refractivity contribution >= 4 is 17.5 Å². The zero-order chi connectivity index (χ0) is 22.8. The fourth-order valence-corrected chi connectivity index (χ4v) is 4.04. The fourth-order valence-electron chi connectivity index (χ4n) is 3.91. The Hall–Kier alpha value is -2.38. The average molecular weight is 458 g/mol. The maximum absolute atomic E-state index is 12.9. The fraction of sp³-hybridized carbons (Fsp3) is 0.400. The summed E-state index contributed by atoms with van der Waals surface area (Å²) >= 11 is 6.03. The molecule has 2 aromatic carbocycles. The highest BCUT2D eigenvalue weighted by Gasteiger charge is 2.36. The molecule has 2 N–H and O–H groups in total. The third-order valence-corrected chi connectivity index (χ3v) is 5.77. The lowest BCUT2D eigenvalue weighted by Gasteiger charge is -2.23. The highest BCUT2D eigenvalue weighted by Crippen LogP contribution is 2.24. The SMILES string of the molecule is C=CCOc1ccccc1CN[C@H]1C[C@@H](C(=O)NCCOC)N(Cc2ccc(Cl)cc2)C1. The Balaban J connectivity index is 1.65. The van der Waals surface area contributed by atoms with Crippen molar-refractivity contribution in [2.75, 3.05) is 33.4 Å². The van der Waals surface area contributed by atoms with Crippen LogP contribution in [0.25, 0.3) is 0 Å². The van der Waals surface area contributed by atoms with Crippen LogP contribution in [0.2, 0.25) is 5.02 Å². The summed E-state index contributed by atoms with van der Waals surface area (Å²) in [5, 5.41) is 7.32. The van der Waals surface area contributed by atoms with Crippen LogP contribution in [0.1, 0.15) is 17.5 Å². The summed E-state index contributed by atoms with van der Waals surface area (Å²) in [6.45, 7) is 7.33. The van der Waals surface area contributed by atoms with E-state index in [1.54, 1.807) is 13.2 Å². The Morgan fingerprint density at radius 3 is 2.78 bits per heavy atom. The minimum atomic E-state index is -0.202. The first-order valence-electron chi connectivity index (χ1n) is 10.9. The van der Waals surface area contributed by atoms with Gasteiger partial charge in [-0.15, -0.1) is 0 Å². The molecule has 1 saturated heterocycles. The molecule has 0 aromatic heterocycles. The number of likely N-dealkylation sites (tertiary alicyclic amines) is 1. The van der Waals surface area contributed by atoms with Crippen LogP contribution in [0.4, 0.5) is 0 Å². The second-order valence-corrected chi connectivity index (χ2v) is 8.31. The lowest BCUT2D eigenvalue weighted by atomic mass is 10.1. The summed E-state index contributed by atoms with van der Waals surface area (Å²) in [7, 11) is 1.63. The van der Waals surface area contributed by atoms with Gasteiger partial charge in [0, 0.05) is 49.9 Å². The van der Waals surface area contributed by atoms with E-state index in [-0.39, 0.29) is 18.0 Å². The topological polar surface area (TPSA) is 62.8 Å². The molecule has 1 aliphatic rings. The summed E-state index contributed by atoms with van der Waals surface area (Å²) < 4.78 is 10.8. The molecular formula is C25H32ClN3O3. The molecule has 1 amide bonds. The van der Waals surface area contributed by atoms with E-state index >= 15 is 0 Å². The van der Waals surface area contributed by atoms with Gasteiger partial charge in [0.2, 0.25) is 5.91 Å². The average Bonchev–Trinajstić information content (AvgIpc) is 3.21. The highest BCUT2D eigenvalue weighted by molar-refractivity contribution is 6.30. The number of amides is 1. The van der Waals surface area contributed by atoms with Gasteiger partial charge in [0.05, 0.1) is 12.6 Å². The van der Waals surface area contributed by atoms with Gasteiger partial charge in [-0.1, -0.05) is 54.6 Å². The Labute approximate surface area is 195 Å². The van der Waals surface area contributed by atoms with E-state index in [0.29, 0.717) is 37.9 Å². The number of hydrogen-bond acceptors (Lipinski definition) is 5. The van der Waals surface area contributed by atoms with Crippen LogP contribution in [0.5, 0.6) is 5.75 Å². The van der Waals surface area contributed by atoms with Gasteiger partial charge in [-0.25, -0.2) is 0 Å². The van der Waals surface area contributed by atoms with Crippen LogP contribution >= 0.6 is 11.6 Å². The van der Waals surface area contributed by atoms with Gasteiger partial charge in [0.1, 0.15) is 12.4 Å². The summed E-state index contributed by atoms with van der Waals surface area (Å²) in [4.78, 5) is 15.1. The minimum Gasteiger partial charge on any atom is -0.489 e. The third-order valence-electron chi connectivity index (χ3n) is 5.52. The standard InChI is InChI=1S/C25H32ClN3O3/c1-3-13-32-24-7-5-4-6-20(24)16-28-22-15-23(25(30)27-12-14-31-2)29(18-22)17-19-8-10-21(26)11-9-19/h3-11,22-23,28H,1,12-18H2,2H3,(H,27,30)/t22-,23-/m0/s1. The van der Waals surface area contributed by atoms with Gasteiger partial charge in [-0.3, -0.25) is 9.69 Å². The van der Waals surface area contributed by atoms with Crippen molar-refractivity contribution in [3.63, 3.8) is 0 Å². The Morgan fingerprint density at radius 1 is 1.25 bits per heavy atom. The van der Waals surface area contributed by atoms with Gasteiger partial charge in [0.25, 0.3) is 0 Å². The molecule has 0 unspecified atom stereocenters. The van der Waals surface area contributed by atoms with Crippen molar-refractivity contribution in [1.82, 2.24) is 15.5 Å². The van der Waals surface area contributed by atoms with Crippen LogP contribution in [0.3, 0.4) is 0 Å². The molecule has 0 bridgehead atoms. The van der Waals surface area contributed by atoms with E-state index in [4.69, 9.17) is 21.1 Å². The molecule has 3 rings (SSSR count). The molecule has 32 heavy (non-hydrogen) atoms. The maximum atomic E-state index is 12.9. The molecule has 1 heterocycles. The zero-order valence-electron chi connectivity index (χ0n) is 18.6. The predicted octanol–water partition coefficient (Wildman–Crippen LogP) is 3.40. The number of ether oxygens (including phenoxy) is 2. The predicted molar refractivity (Wildman–Crippen MR) is 128 cm³/mol. The smallest absolute Gasteiger partial charge is 0.237 e. The molecule has 0 aliphatic carbocycles. The second kappa shape index (κ2) is 12.6. The number of methoxy groups -OCH3 is 1. The maximum Gasteiger partial charge on any atom is 0.237 e. The van der Waals surface area contributed by atoms with Crippen molar-refractivity contribution in [2.24, 2.45) is 0 Å². The normalized spacial score (nSPS) is 18.4. The number of benzene rings is 2. The van der Waals surface area contributed by atoms with Crippen molar-refractivity contribution in [2.45, 2.75) is 31.6 Å². The first-order chi connectivity index (χ1) is 15.6. The third kappa shape index (κ3) is 7.07. The number of carbonyl (C=O) groups excluding carboxylic acids is 1. The van der Waals surface area contributed by atoms with Crippen molar-refractivity contribution < 1.29 is 14.3 Å². The van der Waals surface area contributed by atoms with Crippen molar-refractivity contribution in [1.29, 1.82) is 0 Å². The van der Waals surface area contributed by atoms with Crippen LogP contribution < -0.4 is 15.4 Å². The minimum absolute atomic E-state index is 0.0371. The lowest BCUT2D eigenvalue weighted by Crippen LogP contribution is -2.43. The van der Waals surface area contributed by atoms with Gasteiger partial charge < -0.3 is 20.1 Å². The van der Waals surface area contributed by atoms with Gasteiger partial charge in [-0.2, -0.15) is 0 Å². The second-order valence-electron chi connectivity index (χ2n) is 7.88. The summed E-state index contributed by atoms with van der Waals surface area (Å²) in [5.41, 5.74) is 2.22. The van der Waals surface area contributed by atoms with Crippen LogP contribution in [-0.4, -0.2) is 56.3 Å². The molecule has 0 radical (unpaired) electrons. The monoisotopic (exact) mass is 457 g/mol. The first-order valence-corrected chi connectivity index (χ1v) is 11.3. The zero-order valence-corrected chi connectivity index (χ0v) is 19.3. The molecule has 172 valence electrons. The summed E-state index contributed by atoms with van der Waals surface area (Å²) in [6.07, 6.45) is 2.48. The van der Waals surface area contributed by atoms with Crippen LogP contribution in [0, 0.1) is 0 Å². The molecule has 2 aromatic rings. The highest BCUT2D eigenvalue weighted by atomic mass is 35.5. The van der Waals surface area contributed by atoms with E-state index in [1.165, 1.54) is 0 Å². The van der Waals surface area contributed by atoms with Gasteiger partial charge in [-0.05, 0) is 30.2 Å². The molecule has 0 saturated carbocycles. The number of halogens is 1. The molecular weight excluding hydrogens is 426 g/mol. The van der Waals surface area contributed by atoms with E-state index < -0.39 is 0 Å². The molecule has 7 heteroatoms. The van der Waals surface area contributed by atoms with Crippen LogP contribution in [0.15, 0.2) is 61.2 Å². The van der Waals surface area contributed by atoms with Gasteiger partial charge >= 0.3 is 0 Å². The van der Waals surface area contributed by atoms with Gasteiger partial charge in [0.15, 0.2) is 0 Å². The Bertz CT molecular complexity index is 875. The molecule has 2 atom stereocenters. The number of nitrogens with zero attached hydrogens (tertiary/aromatic N) is 1. The van der Waals surface area contributed by atoms with E-state index in [2.05, 4.69) is 28.2 Å². The Morgan fingerprint density at radius 2 is 2.03 bits per heavy atom. The van der Waals surface area contributed by atoms with E-state index in [9.17, 15) is 4.79 Å². The van der Waals surface area contributed by atoms with Crippen molar-refractivity contribution in [3.05, 3.63) is 77.3 Å². The number of nitrogens with one attached hydrogen (secondary N) is 2. The molecule has 6 nitrogen and oxygen atoms in total. The lowest BCUT2D eigenvalue weighted by molar-refractivity contribution is -0.125. The summed E-state index contributed by atoms with van der Waals surface area (Å²) in [5.74, 6) is 0.889. The number of rotatable bonds is 12. The number of carbonyl (C=O) groups is 1. The quantitative estimate of drug-likeness (QED) is 0.378. The van der Waals surface area contributed by atoms with E-state index in [1.807, 2.05) is 42.5 Å².